The predicted molar refractivity (Wildman–Crippen MR) is 99.8 cm³/mol. The van der Waals surface area contributed by atoms with Crippen LogP contribution in [0.25, 0.3) is 0 Å². The molecule has 0 aromatic heterocycles. The number of ether oxygens (including phenoxy) is 2. The summed E-state index contributed by atoms with van der Waals surface area (Å²) in [7, 11) is 0. The van der Waals surface area contributed by atoms with Gasteiger partial charge in [-0.25, -0.2) is 0 Å². The first kappa shape index (κ1) is 19.0. The maximum absolute atomic E-state index is 12.0. The van der Waals surface area contributed by atoms with Crippen LogP contribution in [0.15, 0.2) is 12.2 Å². The van der Waals surface area contributed by atoms with Crippen LogP contribution in [0.5, 0.6) is 0 Å². The fraction of sp³-hybridized carbons (Fsp3) is 0.864. The number of carbonyl (C=O) groups excluding carboxylic acids is 1. The number of hydrogen-bond donors (Lipinski definition) is 3. The lowest BCUT2D eigenvalue weighted by molar-refractivity contribution is -0.467. The Morgan fingerprint density at radius 2 is 1.93 bits per heavy atom. The topological polar surface area (TPSA) is 96.2 Å². The Hall–Kier alpha value is -0.950. The van der Waals surface area contributed by atoms with Crippen LogP contribution in [-0.2, 0) is 14.3 Å². The summed E-state index contributed by atoms with van der Waals surface area (Å²) in [6.07, 6.45) is 1.50. The predicted octanol–water partition coefficient (Wildman–Crippen LogP) is 1.77. The number of carbonyl (C=O) groups is 1. The number of rotatable bonds is 1. The van der Waals surface area contributed by atoms with Crippen LogP contribution in [0.4, 0.5) is 0 Å². The molecular weight excluding hydrogens is 360 g/mol. The molecule has 0 radical (unpaired) electrons. The van der Waals surface area contributed by atoms with Crippen molar-refractivity contribution < 1.29 is 29.6 Å². The molecule has 1 unspecified atom stereocenters. The Labute approximate surface area is 165 Å². The summed E-state index contributed by atoms with van der Waals surface area (Å²) in [4.78, 5) is 12.0. The summed E-state index contributed by atoms with van der Waals surface area (Å²) in [6.45, 7) is 10.2. The van der Waals surface area contributed by atoms with Crippen molar-refractivity contribution in [3.63, 3.8) is 0 Å². The van der Waals surface area contributed by atoms with Gasteiger partial charge in [0.2, 0.25) is 5.79 Å². The van der Waals surface area contributed by atoms with Crippen molar-refractivity contribution in [1.29, 1.82) is 0 Å². The van der Waals surface area contributed by atoms with Gasteiger partial charge in [0.15, 0.2) is 0 Å². The number of esters is 1. The van der Waals surface area contributed by atoms with Crippen LogP contribution in [0.1, 0.15) is 52.9 Å². The van der Waals surface area contributed by atoms with Crippen LogP contribution in [0, 0.1) is 34.0 Å². The van der Waals surface area contributed by atoms with Gasteiger partial charge in [0.1, 0.15) is 12.2 Å². The summed E-state index contributed by atoms with van der Waals surface area (Å²) >= 11 is 0. The van der Waals surface area contributed by atoms with Crippen molar-refractivity contribution in [2.75, 3.05) is 6.61 Å². The van der Waals surface area contributed by atoms with Crippen molar-refractivity contribution in [3.05, 3.63) is 12.2 Å². The van der Waals surface area contributed by atoms with E-state index in [4.69, 9.17) is 9.47 Å². The van der Waals surface area contributed by atoms with E-state index in [9.17, 15) is 20.1 Å². The smallest absolute Gasteiger partial charge is 0.303 e. The van der Waals surface area contributed by atoms with Gasteiger partial charge in [-0.2, -0.15) is 0 Å². The molecule has 0 amide bonds. The summed E-state index contributed by atoms with van der Waals surface area (Å²) in [5.41, 5.74) is -1.11. The minimum Gasteiger partial charge on any atom is -0.457 e. The van der Waals surface area contributed by atoms with Gasteiger partial charge in [-0.15, -0.1) is 0 Å². The van der Waals surface area contributed by atoms with Gasteiger partial charge in [-0.05, 0) is 42.6 Å². The van der Waals surface area contributed by atoms with E-state index in [1.807, 2.05) is 0 Å². The van der Waals surface area contributed by atoms with Gasteiger partial charge in [-0.1, -0.05) is 26.8 Å². The van der Waals surface area contributed by atoms with Gasteiger partial charge >= 0.3 is 5.97 Å². The molecule has 4 saturated carbocycles. The number of hydrogen-bond acceptors (Lipinski definition) is 6. The minimum atomic E-state index is -1.96. The summed E-state index contributed by atoms with van der Waals surface area (Å²) in [5.74, 6) is -2.92. The highest BCUT2D eigenvalue weighted by atomic mass is 16.6. The molecule has 4 bridgehead atoms. The zero-order valence-corrected chi connectivity index (χ0v) is 17.0. The van der Waals surface area contributed by atoms with E-state index in [0.29, 0.717) is 12.2 Å². The highest BCUT2D eigenvalue weighted by molar-refractivity contribution is 5.67. The van der Waals surface area contributed by atoms with Gasteiger partial charge in [0, 0.05) is 24.2 Å². The van der Waals surface area contributed by atoms with E-state index in [0.717, 1.165) is 32.1 Å². The molecule has 2 aliphatic heterocycles. The molecule has 3 N–H and O–H groups in total. The molecule has 6 fully saturated rings. The second-order valence-corrected chi connectivity index (χ2v) is 10.7. The highest BCUT2D eigenvalue weighted by Gasteiger charge is 2.85. The average molecular weight is 392 g/mol. The molecule has 2 spiro atoms. The SMILES string of the molecule is C=C1[C@@H](OC(C)=O)[C@]23[C@H](O)[C@H]1CC[C@H]2[C@]12CCCC(C)(C)[C@H]1[C@H](O)C3(O)OC2. The third-order valence-corrected chi connectivity index (χ3v) is 9.26. The van der Waals surface area contributed by atoms with Crippen LogP contribution in [0.3, 0.4) is 0 Å². The van der Waals surface area contributed by atoms with Crippen molar-refractivity contribution in [2.45, 2.75) is 77.0 Å². The Bertz CT molecular complexity index is 747. The molecule has 28 heavy (non-hydrogen) atoms. The van der Waals surface area contributed by atoms with E-state index in [2.05, 4.69) is 20.4 Å². The van der Waals surface area contributed by atoms with E-state index in [-0.39, 0.29) is 28.6 Å². The number of aliphatic hydroxyl groups excluding tert-OH is 2. The summed E-state index contributed by atoms with van der Waals surface area (Å²) in [6, 6.07) is 0. The molecule has 156 valence electrons. The molecule has 6 heteroatoms. The van der Waals surface area contributed by atoms with E-state index < -0.39 is 35.5 Å². The average Bonchev–Trinajstić information content (AvgIpc) is 2.72. The molecule has 6 aliphatic rings. The first-order valence-corrected chi connectivity index (χ1v) is 10.6. The van der Waals surface area contributed by atoms with Crippen LogP contribution >= 0.6 is 0 Å². The third kappa shape index (κ3) is 1.79. The quantitative estimate of drug-likeness (QED) is 0.465. The lowest BCUT2D eigenvalue weighted by atomic mass is 9.36. The van der Waals surface area contributed by atoms with Crippen LogP contribution in [0.2, 0.25) is 0 Å². The maximum atomic E-state index is 12.0. The molecular formula is C22H32O6. The van der Waals surface area contributed by atoms with Gasteiger partial charge in [-0.3, -0.25) is 4.79 Å². The zero-order valence-electron chi connectivity index (χ0n) is 17.0. The van der Waals surface area contributed by atoms with E-state index >= 15 is 0 Å². The van der Waals surface area contributed by atoms with Crippen molar-refractivity contribution in [1.82, 2.24) is 0 Å². The fourth-order valence-electron chi connectivity index (χ4n) is 8.56. The second-order valence-electron chi connectivity index (χ2n) is 10.7. The first-order valence-electron chi connectivity index (χ1n) is 10.6. The van der Waals surface area contributed by atoms with Gasteiger partial charge < -0.3 is 24.8 Å². The highest BCUT2D eigenvalue weighted by Crippen LogP contribution is 2.77. The standard InChI is InChI=1S/C22H32O6/c1-11-13-6-7-14-20-9-5-8-19(3,4)15(20)17(25)22(26,27-10-20)21(14,16(13)24)18(11)28-12(2)23/h13-18,24-26H,1,5-10H2,2-4H3/t13-,14-,15+,16+,17-,18+,20+,21+,22?/m0/s1. The minimum absolute atomic E-state index is 0.0958. The zero-order chi connectivity index (χ0) is 20.3. The molecule has 4 aliphatic carbocycles. The third-order valence-electron chi connectivity index (χ3n) is 9.26. The Kier molecular flexibility index (Phi) is 3.67. The largest absolute Gasteiger partial charge is 0.457 e. The summed E-state index contributed by atoms with van der Waals surface area (Å²) < 4.78 is 11.8. The van der Waals surface area contributed by atoms with Crippen LogP contribution in [-0.4, -0.2) is 52.0 Å². The van der Waals surface area contributed by atoms with Gasteiger partial charge in [0.05, 0.1) is 18.1 Å². The molecule has 6 nitrogen and oxygen atoms in total. The molecule has 0 aromatic carbocycles. The van der Waals surface area contributed by atoms with Crippen molar-refractivity contribution >= 4 is 5.97 Å². The number of fused-ring (bicyclic) bond motifs is 2. The second kappa shape index (κ2) is 5.39. The molecule has 9 atom stereocenters. The summed E-state index contributed by atoms with van der Waals surface area (Å²) in [5, 5.41) is 34.9. The fourth-order valence-corrected chi connectivity index (χ4v) is 8.56. The molecule has 2 heterocycles. The Morgan fingerprint density at radius 1 is 1.21 bits per heavy atom. The molecule has 0 aromatic rings. The van der Waals surface area contributed by atoms with E-state index in [1.54, 1.807) is 0 Å². The molecule has 2 saturated heterocycles. The Morgan fingerprint density at radius 3 is 2.61 bits per heavy atom. The normalized spacial score (nSPS) is 56.1. The maximum Gasteiger partial charge on any atom is 0.303 e. The van der Waals surface area contributed by atoms with Gasteiger partial charge in [0.25, 0.3) is 0 Å². The lowest BCUT2D eigenvalue weighted by Crippen LogP contribution is -2.84. The molecule has 6 rings (SSSR count). The van der Waals surface area contributed by atoms with Crippen molar-refractivity contribution in [2.24, 2.45) is 34.0 Å². The first-order chi connectivity index (χ1) is 13.0. The van der Waals surface area contributed by atoms with Crippen LogP contribution < -0.4 is 0 Å². The Balaban J connectivity index is 1.76. The number of aliphatic hydroxyl groups is 3. The lowest BCUT2D eigenvalue weighted by Gasteiger charge is -2.75. The van der Waals surface area contributed by atoms with Crippen molar-refractivity contribution in [3.8, 4) is 0 Å². The van der Waals surface area contributed by atoms with E-state index in [1.165, 1.54) is 6.92 Å². The monoisotopic (exact) mass is 392 g/mol.